The zero-order valence-corrected chi connectivity index (χ0v) is 50.9. The number of carbonyl (C=O) groups excluding carboxylic acids is 2. The summed E-state index contributed by atoms with van der Waals surface area (Å²) in [5, 5.41) is 3.04. The Kier molecular flexibility index (Phi) is 53.0. The summed E-state index contributed by atoms with van der Waals surface area (Å²) in [7, 11) is 1.47. The van der Waals surface area contributed by atoms with Crippen molar-refractivity contribution in [3.8, 4) is 0 Å². The van der Waals surface area contributed by atoms with Crippen molar-refractivity contribution < 1.29 is 37.3 Å². The van der Waals surface area contributed by atoms with E-state index in [0.29, 0.717) is 23.9 Å². The summed E-state index contributed by atoms with van der Waals surface area (Å²) in [6, 6.07) is -0.867. The first-order chi connectivity index (χ1) is 36.9. The Morgan fingerprint density at radius 1 is 0.474 bits per heavy atom. The maximum Gasteiger partial charge on any atom is 0.472 e. The lowest BCUT2D eigenvalue weighted by atomic mass is 10.1. The third kappa shape index (κ3) is 55.7. The van der Waals surface area contributed by atoms with Gasteiger partial charge in [0.05, 0.1) is 33.8 Å². The average Bonchev–Trinajstić information content (AvgIpc) is 3.38. The molecule has 0 fully saturated rings. The van der Waals surface area contributed by atoms with Gasteiger partial charge in [0.2, 0.25) is 5.91 Å². The third-order valence-electron chi connectivity index (χ3n) is 13.3. The number of rotatable bonds is 55. The number of esters is 1. The molecular formula is C66H118N2O7P+. The van der Waals surface area contributed by atoms with Crippen molar-refractivity contribution in [2.24, 2.45) is 0 Å². The number of nitrogens with zero attached hydrogens (tertiary/aromatic N) is 1. The lowest BCUT2D eigenvalue weighted by Crippen LogP contribution is -2.47. The van der Waals surface area contributed by atoms with Crippen LogP contribution >= 0.6 is 7.82 Å². The van der Waals surface area contributed by atoms with Crippen LogP contribution in [-0.2, 0) is 27.9 Å². The largest absolute Gasteiger partial charge is 0.472 e. The molecule has 9 nitrogen and oxygen atoms in total. The molecule has 0 saturated carbocycles. The summed E-state index contributed by atoms with van der Waals surface area (Å²) in [4.78, 5) is 37.6. The van der Waals surface area contributed by atoms with Crippen molar-refractivity contribution in [1.82, 2.24) is 5.32 Å². The van der Waals surface area contributed by atoms with E-state index in [1.54, 1.807) is 0 Å². The molecule has 0 aliphatic heterocycles. The van der Waals surface area contributed by atoms with Gasteiger partial charge in [-0.2, -0.15) is 0 Å². The number of likely N-dealkylation sites (N-methyl/N-ethyl adjacent to an activating group) is 1. The van der Waals surface area contributed by atoms with Crippen LogP contribution in [0.5, 0.6) is 0 Å². The molecule has 0 aromatic rings. The number of hydrogen-bond donors (Lipinski definition) is 2. The first-order valence-corrected chi connectivity index (χ1v) is 32.6. The lowest BCUT2D eigenvalue weighted by molar-refractivity contribution is -0.870. The third-order valence-corrected chi connectivity index (χ3v) is 14.2. The standard InChI is InChI=1S/C66H117N2O7P/c1-7-10-13-16-19-22-25-27-29-30-31-32-33-34-35-36-37-38-39-40-43-46-49-52-55-58-65(69)67-63(62-74-76(71,72)73-61-60-68(4,5)6)64(57-54-51-48-45-42-24-21-18-15-12-9-3)75-66(70)59-56-53-50-47-44-41-28-26-23-20-17-14-11-8-2/h10,13,19,22,27,29,31-32,34-35,37-38,41,44,54,57,63-64H,7-9,11-12,14-18,20-21,23-26,28,30,33,36,39-40,42-43,45-53,55-56,58-62H2,1-6H3,(H-,67,69,71,72)/p+1/b13-10-,22-19-,29-27-,32-31-,35-34-,38-37-,44-41-,57-54-. The van der Waals surface area contributed by atoms with Crippen LogP contribution < -0.4 is 5.32 Å². The fourth-order valence-electron chi connectivity index (χ4n) is 8.47. The molecule has 0 aliphatic rings. The minimum atomic E-state index is -4.46. The molecule has 0 spiro atoms. The molecule has 0 bridgehead atoms. The molecule has 1 amide bonds. The number of nitrogens with one attached hydrogen (secondary N) is 1. The summed E-state index contributed by atoms with van der Waals surface area (Å²) in [5.41, 5.74) is 0. The summed E-state index contributed by atoms with van der Waals surface area (Å²) >= 11 is 0. The van der Waals surface area contributed by atoms with Gasteiger partial charge in [-0.15, -0.1) is 0 Å². The maximum absolute atomic E-state index is 13.5. The van der Waals surface area contributed by atoms with Crippen LogP contribution in [-0.4, -0.2) is 74.3 Å². The van der Waals surface area contributed by atoms with Gasteiger partial charge in [-0.05, 0) is 109 Å². The summed E-state index contributed by atoms with van der Waals surface area (Å²) < 4.78 is 30.6. The van der Waals surface area contributed by atoms with Crippen LogP contribution in [0.15, 0.2) is 97.2 Å². The molecule has 0 aromatic carbocycles. The molecule has 10 heteroatoms. The number of amides is 1. The second-order valence-corrected chi connectivity index (χ2v) is 23.3. The van der Waals surface area contributed by atoms with E-state index in [2.05, 4.69) is 111 Å². The highest BCUT2D eigenvalue weighted by molar-refractivity contribution is 7.47. The molecule has 2 N–H and O–H groups in total. The second-order valence-electron chi connectivity index (χ2n) is 21.8. The Morgan fingerprint density at radius 3 is 1.29 bits per heavy atom. The summed E-state index contributed by atoms with van der Waals surface area (Å²) in [6.45, 7) is 6.86. The number of quaternary nitrogens is 1. The van der Waals surface area contributed by atoms with E-state index >= 15 is 0 Å². The van der Waals surface area contributed by atoms with Gasteiger partial charge in [0.1, 0.15) is 19.3 Å². The Bertz CT molecular complexity index is 1620. The zero-order chi connectivity index (χ0) is 55.7. The lowest BCUT2D eigenvalue weighted by Gasteiger charge is -2.27. The molecule has 0 aromatic heterocycles. The molecule has 0 radical (unpaired) electrons. The number of carbonyl (C=O) groups is 2. The van der Waals surface area contributed by atoms with Gasteiger partial charge in [-0.1, -0.05) is 234 Å². The van der Waals surface area contributed by atoms with E-state index < -0.39 is 20.0 Å². The molecule has 0 aliphatic carbocycles. The van der Waals surface area contributed by atoms with E-state index in [0.717, 1.165) is 128 Å². The van der Waals surface area contributed by atoms with Crippen molar-refractivity contribution >= 4 is 19.7 Å². The predicted molar refractivity (Wildman–Crippen MR) is 327 cm³/mol. The van der Waals surface area contributed by atoms with Gasteiger partial charge in [0.15, 0.2) is 0 Å². The van der Waals surface area contributed by atoms with Gasteiger partial charge in [0.25, 0.3) is 0 Å². The first kappa shape index (κ1) is 72.9. The molecule has 3 atom stereocenters. The Morgan fingerprint density at radius 2 is 0.842 bits per heavy atom. The highest BCUT2D eigenvalue weighted by atomic mass is 31.2. The van der Waals surface area contributed by atoms with Crippen LogP contribution in [0.25, 0.3) is 0 Å². The molecular weight excluding hydrogens is 964 g/mol. The van der Waals surface area contributed by atoms with Crippen LogP contribution in [0.4, 0.5) is 0 Å². The number of allylic oxidation sites excluding steroid dienone is 15. The predicted octanol–water partition coefficient (Wildman–Crippen LogP) is 19.2. The van der Waals surface area contributed by atoms with Crippen molar-refractivity contribution in [3.63, 3.8) is 0 Å². The highest BCUT2D eigenvalue weighted by Crippen LogP contribution is 2.43. The number of phosphoric acid groups is 1. The molecule has 0 saturated heterocycles. The number of hydrogen-bond acceptors (Lipinski definition) is 6. The van der Waals surface area contributed by atoms with E-state index in [1.807, 2.05) is 33.3 Å². The molecule has 438 valence electrons. The Labute approximate surface area is 468 Å². The van der Waals surface area contributed by atoms with Gasteiger partial charge in [0, 0.05) is 12.8 Å². The van der Waals surface area contributed by atoms with Crippen molar-refractivity contribution in [3.05, 3.63) is 97.2 Å². The van der Waals surface area contributed by atoms with Gasteiger partial charge < -0.3 is 19.4 Å². The van der Waals surface area contributed by atoms with Gasteiger partial charge in [-0.3, -0.25) is 18.6 Å². The van der Waals surface area contributed by atoms with Crippen molar-refractivity contribution in [1.29, 1.82) is 0 Å². The quantitative estimate of drug-likeness (QED) is 0.0205. The fraction of sp³-hybridized carbons (Fsp3) is 0.727. The number of ether oxygens (including phenoxy) is 1. The SMILES string of the molecule is CC/C=C\C/C=C\C/C=C\C/C=C\C/C=C\C/C=C\CCCCCCCCC(=O)NC(COP(=O)(O)OCC[N+](C)(C)C)C(/C=C\CCCCCCCCCCC)OC(=O)CCCCC/C=C\CCCCCCCCC. The smallest absolute Gasteiger partial charge is 0.456 e. The molecule has 76 heavy (non-hydrogen) atoms. The van der Waals surface area contributed by atoms with Gasteiger partial charge >= 0.3 is 13.8 Å². The van der Waals surface area contributed by atoms with Gasteiger partial charge in [-0.25, -0.2) is 4.57 Å². The summed E-state index contributed by atoms with van der Waals surface area (Å²) in [5.74, 6) is -0.544. The molecule has 0 heterocycles. The van der Waals surface area contributed by atoms with E-state index in [4.69, 9.17) is 13.8 Å². The van der Waals surface area contributed by atoms with Crippen molar-refractivity contribution in [2.45, 2.75) is 270 Å². The Hall–Kier alpha value is -3.07. The first-order valence-electron chi connectivity index (χ1n) is 31.1. The van der Waals surface area contributed by atoms with Crippen LogP contribution in [0.2, 0.25) is 0 Å². The zero-order valence-electron chi connectivity index (χ0n) is 50.0. The van der Waals surface area contributed by atoms with Crippen molar-refractivity contribution in [2.75, 3.05) is 40.9 Å². The second kappa shape index (κ2) is 55.3. The van der Waals surface area contributed by atoms with Crippen LogP contribution in [0, 0.1) is 0 Å². The van der Waals surface area contributed by atoms with E-state index in [-0.39, 0.29) is 31.5 Å². The fourth-order valence-corrected chi connectivity index (χ4v) is 9.20. The highest BCUT2D eigenvalue weighted by Gasteiger charge is 2.30. The normalized spacial score (nSPS) is 14.4. The summed E-state index contributed by atoms with van der Waals surface area (Å²) in [6.07, 6.45) is 74.1. The molecule has 0 rings (SSSR count). The maximum atomic E-state index is 13.5. The van der Waals surface area contributed by atoms with E-state index in [9.17, 15) is 19.0 Å². The minimum absolute atomic E-state index is 0.0306. The monoisotopic (exact) mass is 1080 g/mol. The Balaban J connectivity index is 5.20. The molecule has 3 unspecified atom stereocenters. The average molecular weight is 1080 g/mol. The minimum Gasteiger partial charge on any atom is -0.456 e. The number of phosphoric ester groups is 1. The van der Waals surface area contributed by atoms with Crippen LogP contribution in [0.1, 0.15) is 258 Å². The van der Waals surface area contributed by atoms with Crippen LogP contribution in [0.3, 0.4) is 0 Å². The topological polar surface area (TPSA) is 111 Å². The van der Waals surface area contributed by atoms with E-state index in [1.165, 1.54) is 89.9 Å². The number of unbranched alkanes of at least 4 members (excludes halogenated alkanes) is 25.